The average Bonchev–Trinajstić information content (AvgIpc) is 3.66. The summed E-state index contributed by atoms with van der Waals surface area (Å²) in [6.07, 6.45) is 1.52. The largest absolute Gasteiger partial charge is 0.507 e. The van der Waals surface area contributed by atoms with Crippen LogP contribution in [0, 0.1) is 6.92 Å². The lowest BCUT2D eigenvalue weighted by Crippen LogP contribution is -2.29. The Balaban J connectivity index is 1.27. The molecule has 7 nitrogen and oxygen atoms in total. The number of carbonyl (C=O) groups is 2. The number of benzene rings is 4. The Labute approximate surface area is 255 Å². The fraction of sp³-hybridized carbons (Fsp3) is 0.135. The Morgan fingerprint density at radius 1 is 0.773 bits per heavy atom. The van der Waals surface area contributed by atoms with Crippen LogP contribution in [0.25, 0.3) is 5.76 Å². The maximum atomic E-state index is 13.4. The fourth-order valence-corrected chi connectivity index (χ4v) is 5.28. The molecule has 1 atom stereocenters. The Bertz CT molecular complexity index is 1770. The smallest absolute Gasteiger partial charge is 0.296 e. The molecular formula is C37H31NO6. The summed E-state index contributed by atoms with van der Waals surface area (Å²) in [5, 5.41) is 11.5. The number of aliphatic hydroxyl groups excluding tert-OH is 1. The summed E-state index contributed by atoms with van der Waals surface area (Å²) in [5.41, 5.74) is 4.30. The van der Waals surface area contributed by atoms with Crippen LogP contribution in [0.1, 0.15) is 39.6 Å². The van der Waals surface area contributed by atoms with Gasteiger partial charge in [0.15, 0.2) is 0 Å². The highest BCUT2D eigenvalue weighted by atomic mass is 16.5. The number of hydrogen-bond donors (Lipinski definition) is 1. The third-order valence-electron chi connectivity index (χ3n) is 7.51. The summed E-state index contributed by atoms with van der Waals surface area (Å²) in [5.74, 6) is 0.0456. The number of rotatable bonds is 10. The normalized spacial score (nSPS) is 15.8. The van der Waals surface area contributed by atoms with Gasteiger partial charge in [0.2, 0.25) is 0 Å². The highest BCUT2D eigenvalue weighted by molar-refractivity contribution is 6.46. The molecule has 1 fully saturated rings. The first kappa shape index (κ1) is 28.6. The van der Waals surface area contributed by atoms with Crippen molar-refractivity contribution in [3.8, 4) is 11.5 Å². The third-order valence-corrected chi connectivity index (χ3v) is 7.51. The van der Waals surface area contributed by atoms with Crippen LogP contribution >= 0.6 is 0 Å². The molecule has 7 heteroatoms. The molecule has 1 aromatic heterocycles. The second kappa shape index (κ2) is 12.8. The van der Waals surface area contributed by atoms with Crippen LogP contribution in [0.5, 0.6) is 11.5 Å². The number of furan rings is 1. The van der Waals surface area contributed by atoms with E-state index in [-0.39, 0.29) is 17.9 Å². The van der Waals surface area contributed by atoms with Gasteiger partial charge in [-0.2, -0.15) is 0 Å². The van der Waals surface area contributed by atoms with Crippen molar-refractivity contribution < 1.29 is 28.6 Å². The molecule has 0 saturated carbocycles. The SMILES string of the molecule is Cc1cccc(COc2ccc(C(O)=C3C(=O)C(=O)N(Cc4ccco4)C3c3ccc(OCc4ccccc4)cc3)cc2)c1. The molecule has 2 heterocycles. The Kier molecular flexibility index (Phi) is 8.28. The number of amides is 1. The van der Waals surface area contributed by atoms with Crippen LogP contribution in [0.4, 0.5) is 0 Å². The van der Waals surface area contributed by atoms with Gasteiger partial charge in [-0.3, -0.25) is 9.59 Å². The molecular weight excluding hydrogens is 554 g/mol. The van der Waals surface area contributed by atoms with E-state index in [4.69, 9.17) is 13.9 Å². The molecule has 1 aliphatic heterocycles. The molecule has 6 rings (SSSR count). The highest BCUT2D eigenvalue weighted by Gasteiger charge is 2.46. The first-order valence-electron chi connectivity index (χ1n) is 14.3. The summed E-state index contributed by atoms with van der Waals surface area (Å²) in [4.78, 5) is 28.2. The molecule has 220 valence electrons. The highest BCUT2D eigenvalue weighted by Crippen LogP contribution is 2.41. The van der Waals surface area contributed by atoms with Gasteiger partial charge in [0.05, 0.1) is 24.4 Å². The number of nitrogens with zero attached hydrogens (tertiary/aromatic N) is 1. The Morgan fingerprint density at radius 3 is 2.09 bits per heavy atom. The molecule has 4 aromatic carbocycles. The minimum Gasteiger partial charge on any atom is -0.507 e. The number of likely N-dealkylation sites (tertiary alicyclic amines) is 1. The van der Waals surface area contributed by atoms with Gasteiger partial charge >= 0.3 is 0 Å². The second-order valence-electron chi connectivity index (χ2n) is 10.7. The van der Waals surface area contributed by atoms with Crippen LogP contribution in [-0.2, 0) is 29.3 Å². The quantitative estimate of drug-likeness (QED) is 0.105. The summed E-state index contributed by atoms with van der Waals surface area (Å²) < 4.78 is 17.4. The predicted octanol–water partition coefficient (Wildman–Crippen LogP) is 7.37. The third kappa shape index (κ3) is 6.27. The molecule has 5 aromatic rings. The van der Waals surface area contributed by atoms with E-state index in [2.05, 4.69) is 6.07 Å². The number of ketones is 1. The van der Waals surface area contributed by atoms with Gasteiger partial charge in [-0.05, 0) is 72.1 Å². The molecule has 0 aliphatic carbocycles. The predicted molar refractivity (Wildman–Crippen MR) is 166 cm³/mol. The summed E-state index contributed by atoms with van der Waals surface area (Å²) in [7, 11) is 0. The second-order valence-corrected chi connectivity index (χ2v) is 10.7. The minimum absolute atomic E-state index is 0.00735. The molecule has 1 amide bonds. The molecule has 1 saturated heterocycles. The number of aliphatic hydroxyl groups is 1. The van der Waals surface area contributed by atoms with Gasteiger partial charge < -0.3 is 23.9 Å². The Morgan fingerprint density at radius 2 is 1.43 bits per heavy atom. The summed E-state index contributed by atoms with van der Waals surface area (Å²) in [6.45, 7) is 2.90. The van der Waals surface area contributed by atoms with E-state index in [0.717, 1.165) is 16.7 Å². The van der Waals surface area contributed by atoms with E-state index in [1.807, 2.05) is 67.6 Å². The molecule has 44 heavy (non-hydrogen) atoms. The van der Waals surface area contributed by atoms with Crippen molar-refractivity contribution in [2.24, 2.45) is 0 Å². The van der Waals surface area contributed by atoms with E-state index in [9.17, 15) is 14.7 Å². The van der Waals surface area contributed by atoms with E-state index >= 15 is 0 Å². The average molecular weight is 586 g/mol. The van der Waals surface area contributed by atoms with Gasteiger partial charge in [-0.1, -0.05) is 72.3 Å². The minimum atomic E-state index is -0.833. The molecule has 0 radical (unpaired) electrons. The van der Waals surface area contributed by atoms with Crippen LogP contribution in [0.15, 0.2) is 132 Å². The number of hydrogen-bond acceptors (Lipinski definition) is 6. The Hall–Kier alpha value is -5.56. The van der Waals surface area contributed by atoms with Crippen molar-refractivity contribution in [2.75, 3.05) is 0 Å². The molecule has 0 bridgehead atoms. The monoisotopic (exact) mass is 585 g/mol. The van der Waals surface area contributed by atoms with Crippen molar-refractivity contribution in [3.05, 3.63) is 161 Å². The van der Waals surface area contributed by atoms with Gasteiger partial charge in [0.1, 0.15) is 36.2 Å². The molecule has 1 unspecified atom stereocenters. The van der Waals surface area contributed by atoms with E-state index in [0.29, 0.717) is 41.6 Å². The standard InChI is InChI=1S/C37H31NO6/c1-25-7-5-10-27(21-25)24-44-31-18-14-29(15-19-31)35(39)33-34(38(37(41)36(33)40)22-32-11-6-20-42-32)28-12-16-30(17-13-28)43-23-26-8-3-2-4-9-26/h2-21,34,39H,22-24H2,1H3. The zero-order valence-electron chi connectivity index (χ0n) is 24.2. The van der Waals surface area contributed by atoms with Crippen molar-refractivity contribution in [3.63, 3.8) is 0 Å². The maximum Gasteiger partial charge on any atom is 0.296 e. The summed E-state index contributed by atoms with van der Waals surface area (Å²) >= 11 is 0. The topological polar surface area (TPSA) is 89.2 Å². The lowest BCUT2D eigenvalue weighted by molar-refractivity contribution is -0.140. The van der Waals surface area contributed by atoms with Crippen molar-refractivity contribution in [2.45, 2.75) is 32.7 Å². The molecule has 1 aliphatic rings. The number of Topliss-reactive ketones (excluding diaryl/α,β-unsaturated/α-hetero) is 1. The maximum absolute atomic E-state index is 13.4. The number of carbonyl (C=O) groups excluding carboxylic acids is 2. The van der Waals surface area contributed by atoms with Crippen LogP contribution < -0.4 is 9.47 Å². The van der Waals surface area contributed by atoms with Crippen molar-refractivity contribution in [1.82, 2.24) is 4.90 Å². The van der Waals surface area contributed by atoms with E-state index < -0.39 is 17.7 Å². The van der Waals surface area contributed by atoms with Crippen LogP contribution in [-0.4, -0.2) is 21.7 Å². The first-order valence-corrected chi connectivity index (χ1v) is 14.3. The molecule has 1 N–H and O–H groups in total. The number of ether oxygens (including phenoxy) is 2. The van der Waals surface area contributed by atoms with Crippen molar-refractivity contribution >= 4 is 17.4 Å². The van der Waals surface area contributed by atoms with E-state index in [1.54, 1.807) is 48.5 Å². The zero-order valence-corrected chi connectivity index (χ0v) is 24.2. The number of aryl methyl sites for hydroxylation is 1. The zero-order chi connectivity index (χ0) is 30.5. The fourth-order valence-electron chi connectivity index (χ4n) is 5.28. The molecule has 0 spiro atoms. The van der Waals surface area contributed by atoms with Gasteiger partial charge in [0.25, 0.3) is 11.7 Å². The van der Waals surface area contributed by atoms with Crippen LogP contribution in [0.3, 0.4) is 0 Å². The van der Waals surface area contributed by atoms with Crippen molar-refractivity contribution in [1.29, 1.82) is 0 Å². The lowest BCUT2D eigenvalue weighted by Gasteiger charge is -2.24. The van der Waals surface area contributed by atoms with Crippen LogP contribution in [0.2, 0.25) is 0 Å². The summed E-state index contributed by atoms with van der Waals surface area (Å²) in [6, 6.07) is 34.6. The first-order chi connectivity index (χ1) is 21.5. The lowest BCUT2D eigenvalue weighted by atomic mass is 9.95. The van der Waals surface area contributed by atoms with Gasteiger partial charge in [-0.15, -0.1) is 0 Å². The van der Waals surface area contributed by atoms with Gasteiger partial charge in [-0.25, -0.2) is 0 Å². The van der Waals surface area contributed by atoms with E-state index in [1.165, 1.54) is 11.2 Å². The van der Waals surface area contributed by atoms with Gasteiger partial charge in [0, 0.05) is 5.56 Å².